The number of piperazine rings is 1. The molecule has 0 aliphatic carbocycles. The van der Waals surface area contributed by atoms with Crippen molar-refractivity contribution in [1.82, 2.24) is 20.7 Å². The van der Waals surface area contributed by atoms with E-state index in [1.165, 1.54) is 0 Å². The van der Waals surface area contributed by atoms with Gasteiger partial charge in [-0.05, 0) is 23.8 Å². The van der Waals surface area contributed by atoms with Gasteiger partial charge in [-0.2, -0.15) is 0 Å². The van der Waals surface area contributed by atoms with E-state index in [1.54, 1.807) is 35.2 Å². The van der Waals surface area contributed by atoms with Crippen LogP contribution in [0, 0.1) is 0 Å². The highest BCUT2D eigenvalue weighted by molar-refractivity contribution is 6.33. The van der Waals surface area contributed by atoms with Crippen molar-refractivity contribution in [2.45, 2.75) is 6.42 Å². The minimum absolute atomic E-state index is 0.0132. The van der Waals surface area contributed by atoms with E-state index in [0.29, 0.717) is 36.2 Å². The van der Waals surface area contributed by atoms with E-state index in [-0.39, 0.29) is 30.3 Å². The summed E-state index contributed by atoms with van der Waals surface area (Å²) in [5, 5.41) is 0.891. The monoisotopic (exact) mass is 448 g/mol. The molecule has 0 atom stereocenters. The van der Waals surface area contributed by atoms with Crippen LogP contribution < -0.4 is 10.9 Å². The van der Waals surface area contributed by atoms with Gasteiger partial charge in [-0.1, -0.05) is 53.5 Å². The van der Waals surface area contributed by atoms with Gasteiger partial charge >= 0.3 is 0 Å². The number of halogens is 2. The smallest absolute Gasteiger partial charge is 0.271 e. The molecule has 2 aromatic carbocycles. The molecule has 1 aliphatic rings. The van der Waals surface area contributed by atoms with Crippen LogP contribution in [-0.2, 0) is 16.0 Å². The van der Waals surface area contributed by atoms with Crippen molar-refractivity contribution in [2.24, 2.45) is 0 Å². The van der Waals surface area contributed by atoms with Gasteiger partial charge < -0.3 is 4.90 Å². The third-order valence-electron chi connectivity index (χ3n) is 4.83. The Bertz CT molecular complexity index is 930. The van der Waals surface area contributed by atoms with Gasteiger partial charge in [-0.3, -0.25) is 30.1 Å². The molecule has 0 unspecified atom stereocenters. The van der Waals surface area contributed by atoms with Crippen LogP contribution in [0.2, 0.25) is 10.0 Å². The molecular formula is C21H22Cl2N4O3. The lowest BCUT2D eigenvalue weighted by molar-refractivity contribution is -0.132. The van der Waals surface area contributed by atoms with E-state index >= 15 is 0 Å². The third-order valence-corrected chi connectivity index (χ3v) is 5.52. The summed E-state index contributed by atoms with van der Waals surface area (Å²) in [5.41, 5.74) is 5.84. The van der Waals surface area contributed by atoms with Crippen molar-refractivity contribution >= 4 is 40.9 Å². The molecule has 1 aliphatic heterocycles. The summed E-state index contributed by atoms with van der Waals surface area (Å²) in [6.07, 6.45) is 0.258. The van der Waals surface area contributed by atoms with E-state index in [1.807, 2.05) is 23.1 Å². The minimum Gasteiger partial charge on any atom is -0.340 e. The molecule has 7 nitrogen and oxygen atoms in total. The maximum absolute atomic E-state index is 12.5. The number of hydrogen-bond donors (Lipinski definition) is 2. The number of carbonyl (C=O) groups excluding carboxylic acids is 3. The number of carbonyl (C=O) groups is 3. The fourth-order valence-electron chi connectivity index (χ4n) is 3.15. The topological polar surface area (TPSA) is 81.8 Å². The van der Waals surface area contributed by atoms with Crippen LogP contribution in [0.4, 0.5) is 0 Å². The summed E-state index contributed by atoms with van der Waals surface area (Å²) in [6.45, 7) is 2.32. The predicted molar refractivity (Wildman–Crippen MR) is 115 cm³/mol. The Morgan fingerprint density at radius 3 is 2.13 bits per heavy atom. The Morgan fingerprint density at radius 1 is 0.833 bits per heavy atom. The summed E-state index contributed by atoms with van der Waals surface area (Å²) in [7, 11) is 0. The second-order valence-corrected chi connectivity index (χ2v) is 7.72. The first kappa shape index (κ1) is 22.1. The molecule has 9 heteroatoms. The largest absolute Gasteiger partial charge is 0.340 e. The Labute approximate surface area is 184 Å². The summed E-state index contributed by atoms with van der Waals surface area (Å²) in [5.74, 6) is -0.811. The molecule has 3 amide bonds. The second-order valence-electron chi connectivity index (χ2n) is 6.91. The van der Waals surface area contributed by atoms with Gasteiger partial charge in [0.1, 0.15) is 0 Å². The van der Waals surface area contributed by atoms with Crippen molar-refractivity contribution in [3.05, 3.63) is 69.7 Å². The van der Waals surface area contributed by atoms with E-state index in [9.17, 15) is 14.4 Å². The third kappa shape index (κ3) is 5.95. The molecule has 1 heterocycles. The molecule has 0 bridgehead atoms. The number of nitrogens with one attached hydrogen (secondary N) is 2. The van der Waals surface area contributed by atoms with Gasteiger partial charge in [-0.15, -0.1) is 0 Å². The second kappa shape index (κ2) is 10.4. The van der Waals surface area contributed by atoms with Gasteiger partial charge in [0.05, 0.1) is 23.6 Å². The number of nitrogens with zero attached hydrogens (tertiary/aromatic N) is 2. The molecule has 1 fully saturated rings. The average molecular weight is 449 g/mol. The quantitative estimate of drug-likeness (QED) is 0.686. The first-order valence-electron chi connectivity index (χ1n) is 9.51. The van der Waals surface area contributed by atoms with E-state index < -0.39 is 5.91 Å². The summed E-state index contributed by atoms with van der Waals surface area (Å²) in [4.78, 5) is 40.4. The Balaban J connectivity index is 1.40. The molecule has 0 radical (unpaired) electrons. The Hall–Kier alpha value is -2.61. The predicted octanol–water partition coefficient (Wildman–Crippen LogP) is 2.14. The first-order valence-corrected chi connectivity index (χ1v) is 10.3. The van der Waals surface area contributed by atoms with Gasteiger partial charge in [0.15, 0.2) is 0 Å². The zero-order valence-corrected chi connectivity index (χ0v) is 17.7. The lowest BCUT2D eigenvalue weighted by atomic mass is 10.1. The van der Waals surface area contributed by atoms with Crippen LogP contribution in [0.3, 0.4) is 0 Å². The number of amides is 3. The van der Waals surface area contributed by atoms with E-state index in [2.05, 4.69) is 10.9 Å². The summed E-state index contributed by atoms with van der Waals surface area (Å²) in [6, 6.07) is 13.9. The van der Waals surface area contributed by atoms with Gasteiger partial charge in [0.25, 0.3) is 11.8 Å². The normalized spacial score (nSPS) is 14.3. The Morgan fingerprint density at radius 2 is 1.47 bits per heavy atom. The van der Waals surface area contributed by atoms with Gasteiger partial charge in [0, 0.05) is 31.2 Å². The summed E-state index contributed by atoms with van der Waals surface area (Å²) < 4.78 is 0. The van der Waals surface area contributed by atoms with Crippen LogP contribution >= 0.6 is 23.2 Å². The Kier molecular flexibility index (Phi) is 7.68. The molecule has 2 N–H and O–H groups in total. The molecule has 0 saturated carbocycles. The van der Waals surface area contributed by atoms with Gasteiger partial charge in [0.2, 0.25) is 5.91 Å². The number of rotatable bonds is 5. The van der Waals surface area contributed by atoms with Crippen molar-refractivity contribution < 1.29 is 14.4 Å². The number of hydrogen-bond acceptors (Lipinski definition) is 4. The number of benzene rings is 2. The van der Waals surface area contributed by atoms with Crippen molar-refractivity contribution in [3.8, 4) is 0 Å². The molecule has 3 rings (SSSR count). The van der Waals surface area contributed by atoms with Crippen LogP contribution in [-0.4, -0.2) is 60.2 Å². The van der Waals surface area contributed by atoms with E-state index in [4.69, 9.17) is 23.2 Å². The molecule has 0 aromatic heterocycles. The van der Waals surface area contributed by atoms with Crippen molar-refractivity contribution in [1.29, 1.82) is 0 Å². The standard InChI is InChI=1S/C21H22Cl2N4O3/c22-17-7-3-1-5-15(17)13-20(29)27-11-9-26(10-12-27)14-19(28)24-25-21(30)16-6-2-4-8-18(16)23/h1-8H,9-14H2,(H,24,28)(H,25,30). The lowest BCUT2D eigenvalue weighted by Crippen LogP contribution is -2.53. The van der Waals surface area contributed by atoms with E-state index in [0.717, 1.165) is 5.56 Å². The fraction of sp³-hybridized carbons (Fsp3) is 0.286. The van der Waals surface area contributed by atoms with Crippen LogP contribution in [0.1, 0.15) is 15.9 Å². The molecule has 0 spiro atoms. The lowest BCUT2D eigenvalue weighted by Gasteiger charge is -2.34. The highest BCUT2D eigenvalue weighted by Crippen LogP contribution is 2.17. The molecule has 30 heavy (non-hydrogen) atoms. The molecule has 158 valence electrons. The summed E-state index contributed by atoms with van der Waals surface area (Å²) >= 11 is 12.1. The number of hydrazine groups is 1. The van der Waals surface area contributed by atoms with Crippen LogP contribution in [0.5, 0.6) is 0 Å². The maximum atomic E-state index is 12.5. The molecular weight excluding hydrogens is 427 g/mol. The highest BCUT2D eigenvalue weighted by atomic mass is 35.5. The molecule has 2 aromatic rings. The fourth-order valence-corrected chi connectivity index (χ4v) is 3.58. The zero-order chi connectivity index (χ0) is 21.5. The minimum atomic E-state index is -0.482. The maximum Gasteiger partial charge on any atom is 0.271 e. The zero-order valence-electron chi connectivity index (χ0n) is 16.2. The van der Waals surface area contributed by atoms with Crippen LogP contribution in [0.15, 0.2) is 48.5 Å². The first-order chi connectivity index (χ1) is 14.4. The highest BCUT2D eigenvalue weighted by Gasteiger charge is 2.23. The van der Waals surface area contributed by atoms with Crippen LogP contribution in [0.25, 0.3) is 0 Å². The van der Waals surface area contributed by atoms with Crippen molar-refractivity contribution in [2.75, 3.05) is 32.7 Å². The van der Waals surface area contributed by atoms with Crippen molar-refractivity contribution in [3.63, 3.8) is 0 Å². The average Bonchev–Trinajstić information content (AvgIpc) is 2.74. The molecule has 1 saturated heterocycles. The SMILES string of the molecule is O=C(CN1CCN(C(=O)Cc2ccccc2Cl)CC1)NNC(=O)c1ccccc1Cl. The van der Waals surface area contributed by atoms with Gasteiger partial charge in [-0.25, -0.2) is 0 Å².